The molecule has 0 spiro atoms. The van der Waals surface area contributed by atoms with Crippen LogP contribution >= 0.6 is 0 Å². The van der Waals surface area contributed by atoms with Crippen molar-refractivity contribution in [2.75, 3.05) is 14.2 Å². The first-order chi connectivity index (χ1) is 9.24. The largest absolute Gasteiger partial charge is 0.493 e. The van der Waals surface area contributed by atoms with E-state index in [-0.39, 0.29) is 0 Å². The van der Waals surface area contributed by atoms with E-state index in [1.807, 2.05) is 36.4 Å². The van der Waals surface area contributed by atoms with E-state index in [2.05, 4.69) is 25.1 Å². The molecule has 0 aliphatic carbocycles. The summed E-state index contributed by atoms with van der Waals surface area (Å²) in [6.45, 7) is 2.10. The number of allylic oxidation sites excluding steroid dienone is 1. The first kappa shape index (κ1) is 13.2. The minimum absolute atomic E-state index is 0.747. The van der Waals surface area contributed by atoms with Gasteiger partial charge in [-0.2, -0.15) is 0 Å². The fourth-order valence-corrected chi connectivity index (χ4v) is 1.98. The highest BCUT2D eigenvalue weighted by atomic mass is 16.5. The fourth-order valence-electron chi connectivity index (χ4n) is 1.98. The van der Waals surface area contributed by atoms with Gasteiger partial charge < -0.3 is 9.47 Å². The molecule has 98 valence electrons. The Hall–Kier alpha value is -2.22. The highest BCUT2D eigenvalue weighted by Crippen LogP contribution is 2.29. The smallest absolute Gasteiger partial charge is 0.161 e. The number of benzene rings is 2. The van der Waals surface area contributed by atoms with Crippen LogP contribution in [0.3, 0.4) is 0 Å². The van der Waals surface area contributed by atoms with Crippen LogP contribution in [0.1, 0.15) is 18.1 Å². The van der Waals surface area contributed by atoms with Crippen molar-refractivity contribution < 1.29 is 9.47 Å². The highest BCUT2D eigenvalue weighted by molar-refractivity contribution is 5.80. The van der Waals surface area contributed by atoms with E-state index in [1.165, 1.54) is 11.1 Å². The molecule has 0 N–H and O–H groups in total. The second-order valence-corrected chi connectivity index (χ2v) is 4.31. The molecule has 2 rings (SSSR count). The molecule has 0 aliphatic heterocycles. The summed E-state index contributed by atoms with van der Waals surface area (Å²) in [7, 11) is 3.29. The van der Waals surface area contributed by atoms with Gasteiger partial charge in [0, 0.05) is 0 Å². The second-order valence-electron chi connectivity index (χ2n) is 4.31. The second kappa shape index (κ2) is 6.10. The Kier molecular flexibility index (Phi) is 4.24. The highest BCUT2D eigenvalue weighted by Gasteiger charge is 2.03. The molecular formula is C17H18O2. The van der Waals surface area contributed by atoms with Gasteiger partial charge in [-0.3, -0.25) is 0 Å². The van der Waals surface area contributed by atoms with Gasteiger partial charge in [0.2, 0.25) is 0 Å². The molecule has 0 bridgehead atoms. The molecule has 19 heavy (non-hydrogen) atoms. The van der Waals surface area contributed by atoms with Crippen LogP contribution in [0, 0.1) is 0 Å². The summed E-state index contributed by atoms with van der Waals surface area (Å²) >= 11 is 0. The molecule has 0 aliphatic rings. The third-order valence-corrected chi connectivity index (χ3v) is 3.02. The zero-order chi connectivity index (χ0) is 13.7. The normalized spacial score (nSPS) is 11.2. The Bertz CT molecular complexity index is 571. The predicted molar refractivity (Wildman–Crippen MR) is 79.5 cm³/mol. The molecule has 0 unspecified atom stereocenters. The molecule has 0 radical (unpaired) electrons. The minimum atomic E-state index is 0.747. The van der Waals surface area contributed by atoms with Gasteiger partial charge in [-0.15, -0.1) is 0 Å². The summed E-state index contributed by atoms with van der Waals surface area (Å²) in [4.78, 5) is 0. The molecule has 2 aromatic carbocycles. The van der Waals surface area contributed by atoms with Gasteiger partial charge in [-0.05, 0) is 35.8 Å². The van der Waals surface area contributed by atoms with Gasteiger partial charge in [0.1, 0.15) is 0 Å². The van der Waals surface area contributed by atoms with Gasteiger partial charge in [0.05, 0.1) is 14.2 Å². The molecule has 0 fully saturated rings. The first-order valence-electron chi connectivity index (χ1n) is 6.20. The maximum absolute atomic E-state index is 5.31. The summed E-state index contributed by atoms with van der Waals surface area (Å²) in [6.07, 6.45) is 2.14. The third-order valence-electron chi connectivity index (χ3n) is 3.02. The van der Waals surface area contributed by atoms with Gasteiger partial charge in [0.15, 0.2) is 11.5 Å². The Morgan fingerprint density at radius 2 is 1.58 bits per heavy atom. The first-order valence-corrected chi connectivity index (χ1v) is 6.20. The Labute approximate surface area is 114 Å². The molecule has 0 atom stereocenters. The predicted octanol–water partition coefficient (Wildman–Crippen LogP) is 4.26. The van der Waals surface area contributed by atoms with Crippen LogP contribution in [0.5, 0.6) is 11.5 Å². The molecule has 0 heterocycles. The maximum Gasteiger partial charge on any atom is 0.161 e. The van der Waals surface area contributed by atoms with Crippen molar-refractivity contribution >= 4 is 11.6 Å². The van der Waals surface area contributed by atoms with Gasteiger partial charge in [-0.25, -0.2) is 0 Å². The number of ether oxygens (including phenoxy) is 2. The topological polar surface area (TPSA) is 18.5 Å². The number of hydrogen-bond donors (Lipinski definition) is 0. The van der Waals surface area contributed by atoms with E-state index >= 15 is 0 Å². The van der Waals surface area contributed by atoms with Crippen LogP contribution in [0.4, 0.5) is 0 Å². The molecule has 0 aromatic heterocycles. The quantitative estimate of drug-likeness (QED) is 0.759. The lowest BCUT2D eigenvalue weighted by molar-refractivity contribution is 0.355. The number of methoxy groups -OCH3 is 2. The zero-order valence-electron chi connectivity index (χ0n) is 11.5. The molecule has 2 nitrogen and oxygen atoms in total. The van der Waals surface area contributed by atoms with Crippen LogP contribution in [0.2, 0.25) is 0 Å². The molecule has 0 amide bonds. The lowest BCUT2D eigenvalue weighted by Crippen LogP contribution is -1.90. The molecule has 0 saturated carbocycles. The summed E-state index contributed by atoms with van der Waals surface area (Å²) in [5.74, 6) is 1.49. The van der Waals surface area contributed by atoms with E-state index in [0.29, 0.717) is 0 Å². The lowest BCUT2D eigenvalue weighted by atomic mass is 10.0. The summed E-state index contributed by atoms with van der Waals surface area (Å²) < 4.78 is 10.5. The van der Waals surface area contributed by atoms with Gasteiger partial charge in [-0.1, -0.05) is 42.5 Å². The van der Waals surface area contributed by atoms with Crippen molar-refractivity contribution in [3.8, 4) is 11.5 Å². The number of rotatable bonds is 4. The van der Waals surface area contributed by atoms with Crippen molar-refractivity contribution in [2.45, 2.75) is 6.92 Å². The molecule has 2 aromatic rings. The minimum Gasteiger partial charge on any atom is -0.493 e. The lowest BCUT2D eigenvalue weighted by Gasteiger charge is -2.08. The monoisotopic (exact) mass is 254 g/mol. The van der Waals surface area contributed by atoms with Crippen molar-refractivity contribution in [2.24, 2.45) is 0 Å². The average Bonchev–Trinajstić information content (AvgIpc) is 2.48. The number of hydrogen-bond acceptors (Lipinski definition) is 2. The average molecular weight is 254 g/mol. The van der Waals surface area contributed by atoms with Crippen molar-refractivity contribution in [1.82, 2.24) is 0 Å². The maximum atomic E-state index is 5.31. The summed E-state index contributed by atoms with van der Waals surface area (Å²) in [6, 6.07) is 16.2. The van der Waals surface area contributed by atoms with E-state index in [0.717, 1.165) is 17.1 Å². The van der Waals surface area contributed by atoms with Crippen LogP contribution in [-0.4, -0.2) is 14.2 Å². The SMILES string of the molecule is COc1ccc(/C=C(\C)c2ccccc2)cc1OC. The molecule has 2 heteroatoms. The molecular weight excluding hydrogens is 236 g/mol. The van der Waals surface area contributed by atoms with Crippen molar-refractivity contribution in [3.63, 3.8) is 0 Å². The third kappa shape index (κ3) is 3.16. The zero-order valence-corrected chi connectivity index (χ0v) is 11.5. The molecule has 0 saturated heterocycles. The summed E-state index contributed by atoms with van der Waals surface area (Å²) in [5.41, 5.74) is 3.53. The van der Waals surface area contributed by atoms with E-state index in [4.69, 9.17) is 9.47 Å². The summed E-state index contributed by atoms with van der Waals surface area (Å²) in [5, 5.41) is 0. The van der Waals surface area contributed by atoms with Crippen molar-refractivity contribution in [3.05, 3.63) is 59.7 Å². The van der Waals surface area contributed by atoms with Crippen LogP contribution < -0.4 is 9.47 Å². The Morgan fingerprint density at radius 3 is 2.21 bits per heavy atom. The standard InChI is InChI=1S/C17H18O2/c1-13(15-7-5-4-6-8-15)11-14-9-10-16(18-2)17(12-14)19-3/h4-12H,1-3H3/b13-11+. The van der Waals surface area contributed by atoms with Gasteiger partial charge in [0.25, 0.3) is 0 Å². The van der Waals surface area contributed by atoms with E-state index < -0.39 is 0 Å². The van der Waals surface area contributed by atoms with Crippen LogP contribution in [-0.2, 0) is 0 Å². The van der Waals surface area contributed by atoms with Crippen LogP contribution in [0.25, 0.3) is 11.6 Å². The van der Waals surface area contributed by atoms with E-state index in [9.17, 15) is 0 Å². The Balaban J connectivity index is 2.33. The fraction of sp³-hybridized carbons (Fsp3) is 0.176. The van der Waals surface area contributed by atoms with Gasteiger partial charge >= 0.3 is 0 Å². The van der Waals surface area contributed by atoms with Crippen molar-refractivity contribution in [1.29, 1.82) is 0 Å². The van der Waals surface area contributed by atoms with Crippen LogP contribution in [0.15, 0.2) is 48.5 Å². The van der Waals surface area contributed by atoms with E-state index in [1.54, 1.807) is 14.2 Å². The Morgan fingerprint density at radius 1 is 0.895 bits per heavy atom.